The highest BCUT2D eigenvalue weighted by Crippen LogP contribution is 2.17. The first-order valence-electron chi connectivity index (χ1n) is 5.38. The molecule has 6 nitrogen and oxygen atoms in total. The molecule has 0 aliphatic carbocycles. The summed E-state index contributed by atoms with van der Waals surface area (Å²) < 4.78 is 5.44. The molecule has 6 heteroatoms. The quantitative estimate of drug-likeness (QED) is 0.886. The van der Waals surface area contributed by atoms with E-state index in [-0.39, 0.29) is 5.69 Å². The molecule has 0 atom stereocenters. The number of carboxylic acids is 1. The minimum Gasteiger partial charge on any atom is -0.476 e. The average Bonchev–Trinajstić information content (AvgIpc) is 2.74. The van der Waals surface area contributed by atoms with E-state index in [1.54, 1.807) is 11.9 Å². The molecule has 94 valence electrons. The second-order valence-corrected chi connectivity index (χ2v) is 3.90. The number of nitrogens with zero attached hydrogens (tertiary/aromatic N) is 3. The second kappa shape index (κ2) is 4.87. The molecule has 0 aliphatic heterocycles. The van der Waals surface area contributed by atoms with Crippen molar-refractivity contribution in [3.05, 3.63) is 41.7 Å². The highest BCUT2D eigenvalue weighted by molar-refractivity contribution is 5.90. The van der Waals surface area contributed by atoms with E-state index in [2.05, 4.69) is 9.97 Å². The van der Waals surface area contributed by atoms with Crippen LogP contribution in [0.15, 0.2) is 28.9 Å². The van der Waals surface area contributed by atoms with Crippen LogP contribution in [0.1, 0.15) is 22.0 Å². The Balaban J connectivity index is 2.23. The topological polar surface area (TPSA) is 79.5 Å². The number of carbonyl (C=O) groups is 1. The van der Waals surface area contributed by atoms with Crippen LogP contribution in [-0.2, 0) is 6.54 Å². The van der Waals surface area contributed by atoms with Gasteiger partial charge in [-0.3, -0.25) is 0 Å². The number of aromatic carboxylic acids is 1. The van der Waals surface area contributed by atoms with Gasteiger partial charge in [-0.1, -0.05) is 0 Å². The predicted molar refractivity (Wildman–Crippen MR) is 64.5 cm³/mol. The van der Waals surface area contributed by atoms with Gasteiger partial charge in [0.15, 0.2) is 11.5 Å². The Kier molecular flexibility index (Phi) is 3.27. The number of carboxylic acid groups (broad SMARTS) is 1. The van der Waals surface area contributed by atoms with Crippen molar-refractivity contribution in [2.24, 2.45) is 0 Å². The lowest BCUT2D eigenvalue weighted by Crippen LogP contribution is -2.21. The normalized spacial score (nSPS) is 10.3. The Labute approximate surface area is 104 Å². The summed E-state index contributed by atoms with van der Waals surface area (Å²) in [6, 6.07) is 3.71. The molecule has 0 amide bonds. The van der Waals surface area contributed by atoms with Crippen molar-refractivity contribution >= 4 is 11.8 Å². The largest absolute Gasteiger partial charge is 0.476 e. The molecule has 0 aromatic carbocycles. The number of anilines is 1. The lowest BCUT2D eigenvalue weighted by Gasteiger charge is -2.17. The first-order valence-corrected chi connectivity index (χ1v) is 5.38. The molecular weight excluding hydrogens is 234 g/mol. The Hall–Kier alpha value is -2.37. The van der Waals surface area contributed by atoms with Crippen molar-refractivity contribution in [1.82, 2.24) is 9.97 Å². The number of aryl methyl sites for hydroxylation is 1. The minimum atomic E-state index is -1.10. The molecule has 0 aliphatic rings. The smallest absolute Gasteiger partial charge is 0.358 e. The maximum absolute atomic E-state index is 11.0. The number of hydrogen-bond acceptors (Lipinski definition) is 5. The van der Waals surface area contributed by atoms with Crippen molar-refractivity contribution in [2.45, 2.75) is 13.5 Å². The van der Waals surface area contributed by atoms with Crippen LogP contribution in [-0.4, -0.2) is 28.1 Å². The van der Waals surface area contributed by atoms with Gasteiger partial charge in [0.25, 0.3) is 0 Å². The first kappa shape index (κ1) is 12.1. The van der Waals surface area contributed by atoms with Gasteiger partial charge in [-0.05, 0) is 19.1 Å². The highest BCUT2D eigenvalue weighted by Gasteiger charge is 2.17. The van der Waals surface area contributed by atoms with Gasteiger partial charge in [-0.25, -0.2) is 14.8 Å². The summed E-state index contributed by atoms with van der Waals surface area (Å²) >= 11 is 0. The summed E-state index contributed by atoms with van der Waals surface area (Å²) in [6.45, 7) is 2.29. The Morgan fingerprint density at radius 1 is 1.39 bits per heavy atom. The second-order valence-electron chi connectivity index (χ2n) is 3.90. The van der Waals surface area contributed by atoms with Crippen molar-refractivity contribution in [3.8, 4) is 0 Å². The van der Waals surface area contributed by atoms with Gasteiger partial charge in [-0.2, -0.15) is 0 Å². The van der Waals surface area contributed by atoms with Crippen molar-refractivity contribution < 1.29 is 14.3 Å². The third-order valence-electron chi connectivity index (χ3n) is 2.43. The molecule has 0 radical (unpaired) electrons. The Bertz CT molecular complexity index is 565. The number of rotatable bonds is 4. The van der Waals surface area contributed by atoms with Crippen LogP contribution < -0.4 is 4.90 Å². The van der Waals surface area contributed by atoms with Gasteiger partial charge < -0.3 is 14.4 Å². The van der Waals surface area contributed by atoms with E-state index in [1.165, 1.54) is 12.4 Å². The fourth-order valence-corrected chi connectivity index (χ4v) is 1.64. The number of hydrogen-bond donors (Lipinski definition) is 1. The molecule has 0 bridgehead atoms. The summed E-state index contributed by atoms with van der Waals surface area (Å²) in [5.41, 5.74) is -0.0664. The minimum absolute atomic E-state index is 0.0664. The summed E-state index contributed by atoms with van der Waals surface area (Å²) in [5, 5.41) is 9.03. The lowest BCUT2D eigenvalue weighted by atomic mass is 10.3. The van der Waals surface area contributed by atoms with Gasteiger partial charge in [-0.15, -0.1) is 0 Å². The van der Waals surface area contributed by atoms with E-state index in [0.29, 0.717) is 12.4 Å². The fourth-order valence-electron chi connectivity index (χ4n) is 1.64. The molecule has 0 saturated heterocycles. The number of aromatic nitrogens is 2. The zero-order valence-electron chi connectivity index (χ0n) is 10.1. The summed E-state index contributed by atoms with van der Waals surface area (Å²) in [6.07, 6.45) is 2.82. The molecule has 2 heterocycles. The molecule has 2 rings (SSSR count). The highest BCUT2D eigenvalue weighted by atomic mass is 16.4. The van der Waals surface area contributed by atoms with E-state index in [9.17, 15) is 4.79 Å². The van der Waals surface area contributed by atoms with Crippen molar-refractivity contribution in [1.29, 1.82) is 0 Å². The monoisotopic (exact) mass is 247 g/mol. The van der Waals surface area contributed by atoms with E-state index in [1.807, 2.05) is 19.1 Å². The molecule has 0 saturated carbocycles. The lowest BCUT2D eigenvalue weighted by molar-refractivity contribution is 0.0690. The Morgan fingerprint density at radius 3 is 2.72 bits per heavy atom. The molecular formula is C12H13N3O3. The zero-order valence-corrected chi connectivity index (χ0v) is 10.1. The van der Waals surface area contributed by atoms with E-state index in [0.717, 1.165) is 11.5 Å². The molecule has 2 aromatic rings. The zero-order chi connectivity index (χ0) is 13.1. The van der Waals surface area contributed by atoms with E-state index < -0.39 is 5.97 Å². The van der Waals surface area contributed by atoms with Crippen LogP contribution in [0.5, 0.6) is 0 Å². The van der Waals surface area contributed by atoms with Gasteiger partial charge >= 0.3 is 5.97 Å². The van der Waals surface area contributed by atoms with Crippen LogP contribution in [0.25, 0.3) is 0 Å². The Morgan fingerprint density at radius 2 is 2.11 bits per heavy atom. The van der Waals surface area contributed by atoms with Crippen molar-refractivity contribution in [2.75, 3.05) is 11.9 Å². The first-order chi connectivity index (χ1) is 8.58. The van der Waals surface area contributed by atoms with Crippen LogP contribution in [0.2, 0.25) is 0 Å². The van der Waals surface area contributed by atoms with Crippen LogP contribution in [0, 0.1) is 6.92 Å². The van der Waals surface area contributed by atoms with E-state index >= 15 is 0 Å². The summed E-state index contributed by atoms with van der Waals surface area (Å²) in [4.78, 5) is 20.6. The molecule has 2 aromatic heterocycles. The maximum atomic E-state index is 11.0. The number of furan rings is 1. The predicted octanol–water partition coefficient (Wildman–Crippen LogP) is 1.71. The van der Waals surface area contributed by atoms with Crippen molar-refractivity contribution in [3.63, 3.8) is 0 Å². The molecule has 0 unspecified atom stereocenters. The standard InChI is InChI=1S/C12H13N3O3/c1-8-3-4-9(18-8)7-15(2)11-10(12(16)17)13-5-6-14-11/h3-6H,7H2,1-2H3,(H,16,17). The van der Waals surface area contributed by atoms with Gasteiger partial charge in [0.2, 0.25) is 0 Å². The maximum Gasteiger partial charge on any atom is 0.358 e. The average molecular weight is 247 g/mol. The van der Waals surface area contributed by atoms with E-state index in [4.69, 9.17) is 9.52 Å². The SMILES string of the molecule is Cc1ccc(CN(C)c2nccnc2C(=O)O)o1. The van der Waals surface area contributed by atoms with Crippen LogP contribution in [0.4, 0.5) is 5.82 Å². The van der Waals surface area contributed by atoms with Crippen LogP contribution in [0.3, 0.4) is 0 Å². The molecule has 18 heavy (non-hydrogen) atoms. The molecule has 0 spiro atoms. The molecule has 1 N–H and O–H groups in total. The van der Waals surface area contributed by atoms with Gasteiger partial charge in [0.1, 0.15) is 11.5 Å². The van der Waals surface area contributed by atoms with Crippen LogP contribution >= 0.6 is 0 Å². The van der Waals surface area contributed by atoms with Gasteiger partial charge in [0, 0.05) is 19.4 Å². The molecule has 0 fully saturated rings. The third-order valence-corrected chi connectivity index (χ3v) is 2.43. The summed E-state index contributed by atoms with van der Waals surface area (Å²) in [7, 11) is 1.74. The summed E-state index contributed by atoms with van der Waals surface area (Å²) in [5.74, 6) is 0.785. The fraction of sp³-hybridized carbons (Fsp3) is 0.250. The van der Waals surface area contributed by atoms with Gasteiger partial charge in [0.05, 0.1) is 6.54 Å². The third kappa shape index (κ3) is 2.48.